The Bertz CT molecular complexity index is 297. The Balaban J connectivity index is 2.68. The van der Waals surface area contributed by atoms with E-state index in [2.05, 4.69) is 15.5 Å². The fourth-order valence-corrected chi connectivity index (χ4v) is 0.899. The van der Waals surface area contributed by atoms with Gasteiger partial charge >= 0.3 is 5.97 Å². The van der Waals surface area contributed by atoms with Gasteiger partial charge in [0.15, 0.2) is 5.82 Å². The number of carboxylic acid groups (broad SMARTS) is 1. The molecular formula is C6H11N5O2. The van der Waals surface area contributed by atoms with Crippen molar-refractivity contribution in [1.29, 1.82) is 0 Å². The van der Waals surface area contributed by atoms with Crippen molar-refractivity contribution >= 4 is 5.97 Å². The van der Waals surface area contributed by atoms with E-state index >= 15 is 0 Å². The molecule has 72 valence electrons. The SMILES string of the molecule is CCn1nnnc1CC(N)C(=O)O. The predicted octanol–water partition coefficient (Wildman–Crippen LogP) is -1.35. The van der Waals surface area contributed by atoms with Crippen molar-refractivity contribution in [2.24, 2.45) is 5.73 Å². The predicted molar refractivity (Wildman–Crippen MR) is 42.8 cm³/mol. The summed E-state index contributed by atoms with van der Waals surface area (Å²) in [5, 5.41) is 19.3. The van der Waals surface area contributed by atoms with Gasteiger partial charge in [-0.2, -0.15) is 0 Å². The monoisotopic (exact) mass is 185 g/mol. The zero-order valence-electron chi connectivity index (χ0n) is 7.21. The second kappa shape index (κ2) is 3.94. The highest BCUT2D eigenvalue weighted by atomic mass is 16.4. The van der Waals surface area contributed by atoms with E-state index in [-0.39, 0.29) is 6.42 Å². The number of nitrogens with zero attached hydrogens (tertiary/aromatic N) is 4. The summed E-state index contributed by atoms with van der Waals surface area (Å²) in [7, 11) is 0. The highest BCUT2D eigenvalue weighted by Crippen LogP contribution is 1.96. The number of tetrazole rings is 1. The molecule has 0 aromatic carbocycles. The quantitative estimate of drug-likeness (QED) is 0.600. The van der Waals surface area contributed by atoms with E-state index in [1.54, 1.807) is 0 Å². The fraction of sp³-hybridized carbons (Fsp3) is 0.667. The number of aromatic nitrogens is 4. The minimum atomic E-state index is -1.05. The van der Waals surface area contributed by atoms with Crippen molar-refractivity contribution in [1.82, 2.24) is 20.2 Å². The van der Waals surface area contributed by atoms with Gasteiger partial charge in [0.2, 0.25) is 0 Å². The topological polar surface area (TPSA) is 107 Å². The van der Waals surface area contributed by atoms with Crippen LogP contribution in [0.1, 0.15) is 12.7 Å². The van der Waals surface area contributed by atoms with Crippen LogP contribution in [0.25, 0.3) is 0 Å². The van der Waals surface area contributed by atoms with Crippen molar-refractivity contribution in [3.63, 3.8) is 0 Å². The van der Waals surface area contributed by atoms with E-state index in [1.807, 2.05) is 6.92 Å². The second-order valence-electron chi connectivity index (χ2n) is 2.56. The summed E-state index contributed by atoms with van der Waals surface area (Å²) in [4.78, 5) is 10.4. The van der Waals surface area contributed by atoms with E-state index in [0.717, 1.165) is 0 Å². The molecule has 0 aliphatic rings. The van der Waals surface area contributed by atoms with Crippen molar-refractivity contribution in [2.75, 3.05) is 0 Å². The van der Waals surface area contributed by atoms with E-state index in [9.17, 15) is 4.79 Å². The molecule has 0 aliphatic heterocycles. The first-order valence-electron chi connectivity index (χ1n) is 3.88. The number of carbonyl (C=O) groups is 1. The maximum atomic E-state index is 10.4. The van der Waals surface area contributed by atoms with Gasteiger partial charge in [-0.25, -0.2) is 4.68 Å². The van der Waals surface area contributed by atoms with Gasteiger partial charge in [0, 0.05) is 13.0 Å². The number of aliphatic carboxylic acids is 1. The molecule has 7 nitrogen and oxygen atoms in total. The first-order valence-corrected chi connectivity index (χ1v) is 3.88. The maximum Gasteiger partial charge on any atom is 0.320 e. The van der Waals surface area contributed by atoms with Crippen LogP contribution in [0.4, 0.5) is 0 Å². The van der Waals surface area contributed by atoms with Crippen LogP contribution in [-0.2, 0) is 17.8 Å². The molecule has 1 heterocycles. The minimum Gasteiger partial charge on any atom is -0.480 e. The molecule has 0 saturated heterocycles. The Morgan fingerprint density at radius 1 is 1.77 bits per heavy atom. The number of aryl methyl sites for hydroxylation is 1. The fourth-order valence-electron chi connectivity index (χ4n) is 0.899. The van der Waals surface area contributed by atoms with Gasteiger partial charge in [0.05, 0.1) is 0 Å². The van der Waals surface area contributed by atoms with Crippen LogP contribution in [0.15, 0.2) is 0 Å². The molecule has 0 saturated carbocycles. The molecule has 1 aromatic rings. The lowest BCUT2D eigenvalue weighted by Gasteiger charge is -2.04. The maximum absolute atomic E-state index is 10.4. The van der Waals surface area contributed by atoms with Gasteiger partial charge in [-0.15, -0.1) is 5.10 Å². The zero-order valence-corrected chi connectivity index (χ0v) is 7.21. The van der Waals surface area contributed by atoms with Gasteiger partial charge < -0.3 is 10.8 Å². The second-order valence-corrected chi connectivity index (χ2v) is 2.56. The molecule has 3 N–H and O–H groups in total. The number of nitrogens with two attached hydrogens (primary N) is 1. The summed E-state index contributed by atoms with van der Waals surface area (Å²) in [5.74, 6) is -0.553. The number of hydrogen-bond donors (Lipinski definition) is 2. The van der Waals surface area contributed by atoms with Crippen LogP contribution in [0.2, 0.25) is 0 Å². The molecule has 13 heavy (non-hydrogen) atoms. The molecular weight excluding hydrogens is 174 g/mol. The molecule has 0 bridgehead atoms. The average molecular weight is 185 g/mol. The Morgan fingerprint density at radius 3 is 3.00 bits per heavy atom. The number of rotatable bonds is 4. The molecule has 0 amide bonds. The number of carboxylic acids is 1. The average Bonchev–Trinajstić information content (AvgIpc) is 2.51. The van der Waals surface area contributed by atoms with Crippen LogP contribution in [0, 0.1) is 0 Å². The van der Waals surface area contributed by atoms with E-state index < -0.39 is 12.0 Å². The summed E-state index contributed by atoms with van der Waals surface area (Å²) < 4.78 is 1.52. The first-order chi connectivity index (χ1) is 6.15. The highest BCUT2D eigenvalue weighted by Gasteiger charge is 2.16. The Morgan fingerprint density at radius 2 is 2.46 bits per heavy atom. The highest BCUT2D eigenvalue weighted by molar-refractivity contribution is 5.73. The third-order valence-electron chi connectivity index (χ3n) is 1.63. The van der Waals surface area contributed by atoms with E-state index in [1.165, 1.54) is 4.68 Å². The van der Waals surface area contributed by atoms with Gasteiger partial charge in [0.25, 0.3) is 0 Å². The molecule has 1 unspecified atom stereocenters. The third kappa shape index (κ3) is 2.22. The molecule has 1 aromatic heterocycles. The first kappa shape index (κ1) is 9.59. The van der Waals surface area contributed by atoms with Crippen molar-refractivity contribution in [2.45, 2.75) is 25.9 Å². The lowest BCUT2D eigenvalue weighted by atomic mass is 10.2. The summed E-state index contributed by atoms with van der Waals surface area (Å²) in [6.07, 6.45) is 0.149. The van der Waals surface area contributed by atoms with Crippen LogP contribution >= 0.6 is 0 Å². The molecule has 1 atom stereocenters. The Kier molecular flexibility index (Phi) is 2.91. The molecule has 0 spiro atoms. The lowest BCUT2D eigenvalue weighted by molar-refractivity contribution is -0.138. The van der Waals surface area contributed by atoms with E-state index in [4.69, 9.17) is 10.8 Å². The van der Waals surface area contributed by atoms with Crippen LogP contribution < -0.4 is 5.73 Å². The molecule has 0 aliphatic carbocycles. The lowest BCUT2D eigenvalue weighted by Crippen LogP contribution is -2.33. The smallest absolute Gasteiger partial charge is 0.320 e. The largest absolute Gasteiger partial charge is 0.480 e. The van der Waals surface area contributed by atoms with Gasteiger partial charge in [-0.05, 0) is 17.4 Å². The summed E-state index contributed by atoms with van der Waals surface area (Å²) in [6, 6.07) is -0.948. The Labute approximate surface area is 74.5 Å². The van der Waals surface area contributed by atoms with E-state index in [0.29, 0.717) is 12.4 Å². The zero-order chi connectivity index (χ0) is 9.84. The Hall–Kier alpha value is -1.50. The van der Waals surface area contributed by atoms with Crippen molar-refractivity contribution in [3.05, 3.63) is 5.82 Å². The normalized spacial score (nSPS) is 12.8. The van der Waals surface area contributed by atoms with Crippen LogP contribution in [0.3, 0.4) is 0 Å². The van der Waals surface area contributed by atoms with Crippen LogP contribution in [0.5, 0.6) is 0 Å². The standard InChI is InChI=1S/C6H11N5O2/c1-2-11-5(8-9-10-11)3-4(7)6(12)13/h4H,2-3,7H2,1H3,(H,12,13). The summed E-state index contributed by atoms with van der Waals surface area (Å²) >= 11 is 0. The van der Waals surface area contributed by atoms with Gasteiger partial charge in [0.1, 0.15) is 6.04 Å². The molecule has 1 rings (SSSR count). The summed E-state index contributed by atoms with van der Waals surface area (Å²) in [6.45, 7) is 2.47. The van der Waals surface area contributed by atoms with Gasteiger partial charge in [-0.3, -0.25) is 4.79 Å². The molecule has 0 radical (unpaired) electrons. The van der Waals surface area contributed by atoms with Crippen LogP contribution in [-0.4, -0.2) is 37.3 Å². The van der Waals surface area contributed by atoms with Crippen molar-refractivity contribution < 1.29 is 9.90 Å². The van der Waals surface area contributed by atoms with Gasteiger partial charge in [-0.1, -0.05) is 0 Å². The molecule has 7 heteroatoms. The third-order valence-corrected chi connectivity index (χ3v) is 1.63. The molecule has 0 fully saturated rings. The number of hydrogen-bond acceptors (Lipinski definition) is 5. The van der Waals surface area contributed by atoms with Crippen molar-refractivity contribution in [3.8, 4) is 0 Å². The minimum absolute atomic E-state index is 0.149. The summed E-state index contributed by atoms with van der Waals surface area (Å²) in [5.41, 5.74) is 5.32.